The minimum atomic E-state index is -0.334. The molecule has 2 amide bonds. The van der Waals surface area contributed by atoms with Gasteiger partial charge in [0.2, 0.25) is 0 Å². The molecule has 0 bridgehead atoms. The highest BCUT2D eigenvalue weighted by Gasteiger charge is 2.17. The lowest BCUT2D eigenvalue weighted by Crippen LogP contribution is -2.43. The van der Waals surface area contributed by atoms with Gasteiger partial charge in [-0.25, -0.2) is 0 Å². The van der Waals surface area contributed by atoms with Crippen molar-refractivity contribution in [1.29, 1.82) is 0 Å². The van der Waals surface area contributed by atoms with E-state index in [9.17, 15) is 9.59 Å². The van der Waals surface area contributed by atoms with E-state index in [-0.39, 0.29) is 24.0 Å². The van der Waals surface area contributed by atoms with Gasteiger partial charge in [-0.2, -0.15) is 0 Å². The summed E-state index contributed by atoms with van der Waals surface area (Å²) in [6, 6.07) is 12.7. The molecule has 0 saturated carbocycles. The summed E-state index contributed by atoms with van der Waals surface area (Å²) in [4.78, 5) is 24.7. The third kappa shape index (κ3) is 5.34. The maximum absolute atomic E-state index is 12.7. The SMILES string of the molecule is Cc1cccc(C)c1NC(=O)c1ccccc1OCC(=O)NC(C)(C)C. The molecule has 2 N–H and O–H groups in total. The van der Waals surface area contributed by atoms with Crippen molar-refractivity contribution in [2.24, 2.45) is 0 Å². The van der Waals surface area contributed by atoms with Crippen LogP contribution in [0.4, 0.5) is 5.69 Å². The van der Waals surface area contributed by atoms with Crippen LogP contribution in [0.3, 0.4) is 0 Å². The van der Waals surface area contributed by atoms with Gasteiger partial charge in [0, 0.05) is 11.2 Å². The zero-order chi connectivity index (χ0) is 19.3. The number of hydrogen-bond acceptors (Lipinski definition) is 3. The van der Waals surface area contributed by atoms with Crippen LogP contribution in [0.25, 0.3) is 0 Å². The van der Waals surface area contributed by atoms with Crippen LogP contribution in [-0.4, -0.2) is 24.0 Å². The lowest BCUT2D eigenvalue weighted by molar-refractivity contribution is -0.124. The molecule has 0 fully saturated rings. The molecule has 5 heteroatoms. The molecule has 5 nitrogen and oxygen atoms in total. The van der Waals surface area contributed by atoms with Crippen molar-refractivity contribution in [2.45, 2.75) is 40.2 Å². The van der Waals surface area contributed by atoms with Gasteiger partial charge in [-0.15, -0.1) is 0 Å². The highest BCUT2D eigenvalue weighted by atomic mass is 16.5. The van der Waals surface area contributed by atoms with Crippen LogP contribution in [0.5, 0.6) is 5.75 Å². The van der Waals surface area contributed by atoms with Gasteiger partial charge in [0.05, 0.1) is 5.56 Å². The molecule has 0 atom stereocenters. The molecule has 0 aliphatic carbocycles. The number of amides is 2. The van der Waals surface area contributed by atoms with E-state index in [1.165, 1.54) is 0 Å². The predicted octanol–water partition coefficient (Wildman–Crippen LogP) is 3.85. The summed E-state index contributed by atoms with van der Waals surface area (Å²) in [5.41, 5.74) is 2.82. The van der Waals surface area contributed by atoms with Crippen LogP contribution >= 0.6 is 0 Å². The molecule has 0 unspecified atom stereocenters. The van der Waals surface area contributed by atoms with E-state index in [1.807, 2.05) is 52.8 Å². The molecular formula is C21H26N2O3. The minimum Gasteiger partial charge on any atom is -0.483 e. The summed E-state index contributed by atoms with van der Waals surface area (Å²) in [5, 5.41) is 5.77. The number of benzene rings is 2. The van der Waals surface area contributed by atoms with Crippen LogP contribution in [0.1, 0.15) is 42.3 Å². The number of para-hydroxylation sites is 2. The molecular weight excluding hydrogens is 328 g/mol. The number of hydrogen-bond donors (Lipinski definition) is 2. The van der Waals surface area contributed by atoms with Crippen molar-refractivity contribution >= 4 is 17.5 Å². The van der Waals surface area contributed by atoms with Crippen LogP contribution in [0.15, 0.2) is 42.5 Å². The Hall–Kier alpha value is -2.82. The Balaban J connectivity index is 2.13. The van der Waals surface area contributed by atoms with Crippen LogP contribution < -0.4 is 15.4 Å². The fourth-order valence-electron chi connectivity index (χ4n) is 2.57. The molecule has 2 aromatic carbocycles. The fourth-order valence-corrected chi connectivity index (χ4v) is 2.57. The van der Waals surface area contributed by atoms with Gasteiger partial charge in [-0.05, 0) is 57.9 Å². The number of rotatable bonds is 5. The number of nitrogens with one attached hydrogen (secondary N) is 2. The molecule has 26 heavy (non-hydrogen) atoms. The van der Waals surface area contributed by atoms with Crippen molar-refractivity contribution in [3.05, 3.63) is 59.2 Å². The molecule has 0 heterocycles. The van der Waals surface area contributed by atoms with Crippen molar-refractivity contribution in [1.82, 2.24) is 5.32 Å². The first-order valence-corrected chi connectivity index (χ1v) is 8.58. The highest BCUT2D eigenvalue weighted by Crippen LogP contribution is 2.23. The Morgan fingerprint density at radius 3 is 2.19 bits per heavy atom. The summed E-state index contributed by atoms with van der Waals surface area (Å²) < 4.78 is 5.59. The van der Waals surface area contributed by atoms with Gasteiger partial charge < -0.3 is 15.4 Å². The quantitative estimate of drug-likeness (QED) is 0.857. The Morgan fingerprint density at radius 2 is 1.58 bits per heavy atom. The Labute approximate surface area is 154 Å². The summed E-state index contributed by atoms with van der Waals surface area (Å²) >= 11 is 0. The molecule has 0 aliphatic heterocycles. The summed E-state index contributed by atoms with van der Waals surface area (Å²) in [5.74, 6) is -0.128. The molecule has 2 aromatic rings. The lowest BCUT2D eigenvalue weighted by Gasteiger charge is -2.20. The number of aryl methyl sites for hydroxylation is 2. The molecule has 0 saturated heterocycles. The zero-order valence-corrected chi connectivity index (χ0v) is 16.0. The van der Waals surface area contributed by atoms with E-state index in [0.717, 1.165) is 16.8 Å². The van der Waals surface area contributed by atoms with Crippen molar-refractivity contribution in [3.8, 4) is 5.75 Å². The average molecular weight is 354 g/mol. The predicted molar refractivity (Wildman–Crippen MR) is 104 cm³/mol. The third-order valence-electron chi connectivity index (χ3n) is 3.72. The monoisotopic (exact) mass is 354 g/mol. The van der Waals surface area contributed by atoms with Crippen LogP contribution in [0, 0.1) is 13.8 Å². The zero-order valence-electron chi connectivity index (χ0n) is 16.0. The summed E-state index contributed by atoms with van der Waals surface area (Å²) in [6.45, 7) is 9.44. The fraction of sp³-hybridized carbons (Fsp3) is 0.333. The second kappa shape index (κ2) is 8.04. The molecule has 0 aliphatic rings. The largest absolute Gasteiger partial charge is 0.483 e. The van der Waals surface area contributed by atoms with Gasteiger partial charge in [0.25, 0.3) is 11.8 Å². The molecule has 0 spiro atoms. The standard InChI is InChI=1S/C21H26N2O3/c1-14-9-8-10-15(2)19(14)22-20(25)16-11-6-7-12-17(16)26-13-18(24)23-21(3,4)5/h6-12H,13H2,1-5H3,(H,22,25)(H,23,24). The summed E-state index contributed by atoms with van der Waals surface area (Å²) in [7, 11) is 0. The van der Waals surface area contributed by atoms with Gasteiger partial charge in [-0.3, -0.25) is 9.59 Å². The first-order valence-electron chi connectivity index (χ1n) is 8.58. The number of anilines is 1. The normalized spacial score (nSPS) is 11.0. The van der Waals surface area contributed by atoms with E-state index in [1.54, 1.807) is 24.3 Å². The van der Waals surface area contributed by atoms with Gasteiger partial charge in [0.15, 0.2) is 6.61 Å². The number of ether oxygens (including phenoxy) is 1. The topological polar surface area (TPSA) is 67.4 Å². The smallest absolute Gasteiger partial charge is 0.259 e. The lowest BCUT2D eigenvalue weighted by atomic mass is 10.1. The van der Waals surface area contributed by atoms with Gasteiger partial charge in [-0.1, -0.05) is 30.3 Å². The van der Waals surface area contributed by atoms with E-state index in [2.05, 4.69) is 10.6 Å². The van der Waals surface area contributed by atoms with E-state index in [0.29, 0.717) is 11.3 Å². The van der Waals surface area contributed by atoms with E-state index < -0.39 is 0 Å². The number of carbonyl (C=O) groups is 2. The Bertz CT molecular complexity index is 787. The van der Waals surface area contributed by atoms with Crippen LogP contribution in [0.2, 0.25) is 0 Å². The Morgan fingerprint density at radius 1 is 0.962 bits per heavy atom. The van der Waals surface area contributed by atoms with Crippen molar-refractivity contribution in [3.63, 3.8) is 0 Å². The molecule has 2 rings (SSSR count). The maximum atomic E-state index is 12.7. The van der Waals surface area contributed by atoms with E-state index in [4.69, 9.17) is 4.74 Å². The minimum absolute atomic E-state index is 0.148. The Kier molecular flexibility index (Phi) is 6.03. The number of carbonyl (C=O) groups excluding carboxylic acids is 2. The average Bonchev–Trinajstić information content (AvgIpc) is 2.55. The van der Waals surface area contributed by atoms with Crippen molar-refractivity contribution < 1.29 is 14.3 Å². The van der Waals surface area contributed by atoms with Crippen LogP contribution in [-0.2, 0) is 4.79 Å². The second-order valence-electron chi connectivity index (χ2n) is 7.30. The van der Waals surface area contributed by atoms with Gasteiger partial charge in [0.1, 0.15) is 5.75 Å². The van der Waals surface area contributed by atoms with Gasteiger partial charge >= 0.3 is 0 Å². The molecule has 138 valence electrons. The highest BCUT2D eigenvalue weighted by molar-refractivity contribution is 6.07. The third-order valence-corrected chi connectivity index (χ3v) is 3.72. The molecule has 0 aromatic heterocycles. The van der Waals surface area contributed by atoms with Crippen molar-refractivity contribution in [2.75, 3.05) is 11.9 Å². The second-order valence-corrected chi connectivity index (χ2v) is 7.30. The molecule has 0 radical (unpaired) electrons. The van der Waals surface area contributed by atoms with E-state index >= 15 is 0 Å². The first-order chi connectivity index (χ1) is 12.2. The maximum Gasteiger partial charge on any atom is 0.259 e. The first kappa shape index (κ1) is 19.5. The summed E-state index contributed by atoms with van der Waals surface area (Å²) in [6.07, 6.45) is 0.